The third-order valence-electron chi connectivity index (χ3n) is 4.67. The van der Waals surface area contributed by atoms with E-state index >= 15 is 0 Å². The number of rotatable bonds is 3. The highest BCUT2D eigenvalue weighted by atomic mass is 16.3. The smallest absolute Gasteiger partial charge is 0.0857 e. The van der Waals surface area contributed by atoms with E-state index in [1.54, 1.807) is 0 Å². The number of aliphatic hydroxyl groups excluding tert-OH is 1. The Hall–Kier alpha value is -1.35. The number of pyridine rings is 1. The highest BCUT2D eigenvalue weighted by molar-refractivity contribution is 5.54. The Bertz CT molecular complexity index is 548. The summed E-state index contributed by atoms with van der Waals surface area (Å²) in [6.07, 6.45) is 9.53. The Morgan fingerprint density at radius 3 is 3.05 bits per heavy atom. The van der Waals surface area contributed by atoms with Crippen molar-refractivity contribution < 1.29 is 5.11 Å². The predicted molar refractivity (Wildman–Crippen MR) is 75.9 cm³/mol. The molecule has 1 aliphatic carbocycles. The fourth-order valence-corrected chi connectivity index (χ4v) is 3.57. The SMILES string of the molecule is CCC1CCCCC1C(O)c1cnn2ccccc12. The summed E-state index contributed by atoms with van der Waals surface area (Å²) in [7, 11) is 0. The van der Waals surface area contributed by atoms with E-state index in [9.17, 15) is 5.11 Å². The largest absolute Gasteiger partial charge is 0.388 e. The minimum absolute atomic E-state index is 0.370. The van der Waals surface area contributed by atoms with Crippen molar-refractivity contribution >= 4 is 5.52 Å². The van der Waals surface area contributed by atoms with E-state index in [-0.39, 0.29) is 6.10 Å². The Kier molecular flexibility index (Phi) is 3.56. The van der Waals surface area contributed by atoms with Crippen molar-refractivity contribution in [2.24, 2.45) is 11.8 Å². The summed E-state index contributed by atoms with van der Waals surface area (Å²) in [6, 6.07) is 6.01. The van der Waals surface area contributed by atoms with Crippen molar-refractivity contribution in [3.8, 4) is 0 Å². The molecule has 0 amide bonds. The van der Waals surface area contributed by atoms with Crippen molar-refractivity contribution in [2.45, 2.75) is 45.1 Å². The van der Waals surface area contributed by atoms with Crippen molar-refractivity contribution in [3.05, 3.63) is 36.2 Å². The Labute approximate surface area is 114 Å². The van der Waals surface area contributed by atoms with Gasteiger partial charge in [0.1, 0.15) is 0 Å². The molecule has 1 saturated carbocycles. The molecule has 1 N–H and O–H groups in total. The zero-order valence-corrected chi connectivity index (χ0v) is 11.5. The maximum absolute atomic E-state index is 10.8. The molecule has 3 unspecified atom stereocenters. The summed E-state index contributed by atoms with van der Waals surface area (Å²) in [5.74, 6) is 1.05. The average molecular weight is 258 g/mol. The first kappa shape index (κ1) is 12.7. The Balaban J connectivity index is 1.92. The molecule has 3 heteroatoms. The molecule has 19 heavy (non-hydrogen) atoms. The second kappa shape index (κ2) is 5.33. The third kappa shape index (κ3) is 2.27. The van der Waals surface area contributed by atoms with E-state index in [1.807, 2.05) is 35.1 Å². The summed E-state index contributed by atoms with van der Waals surface area (Å²) in [5, 5.41) is 15.1. The van der Waals surface area contributed by atoms with Gasteiger partial charge < -0.3 is 5.11 Å². The molecule has 3 rings (SSSR count). The normalized spacial score (nSPS) is 25.6. The molecule has 0 bridgehead atoms. The van der Waals surface area contributed by atoms with E-state index in [0.29, 0.717) is 11.8 Å². The van der Waals surface area contributed by atoms with E-state index in [2.05, 4.69) is 12.0 Å². The van der Waals surface area contributed by atoms with Crippen molar-refractivity contribution in [1.29, 1.82) is 0 Å². The van der Waals surface area contributed by atoms with Crippen molar-refractivity contribution in [1.82, 2.24) is 9.61 Å². The van der Waals surface area contributed by atoms with Crippen LogP contribution in [0.15, 0.2) is 30.6 Å². The van der Waals surface area contributed by atoms with Gasteiger partial charge in [-0.15, -0.1) is 0 Å². The van der Waals surface area contributed by atoms with Crippen LogP contribution < -0.4 is 0 Å². The van der Waals surface area contributed by atoms with E-state index in [0.717, 1.165) is 17.5 Å². The van der Waals surface area contributed by atoms with E-state index < -0.39 is 0 Å². The fraction of sp³-hybridized carbons (Fsp3) is 0.562. The standard InChI is InChI=1S/C16H22N2O/c1-2-12-7-3-4-8-13(12)16(19)14-11-17-18-10-6-5-9-15(14)18/h5-6,9-13,16,19H,2-4,7-8H2,1H3. The van der Waals surface area contributed by atoms with Crippen molar-refractivity contribution in [3.63, 3.8) is 0 Å². The lowest BCUT2D eigenvalue weighted by Gasteiger charge is -2.34. The second-order valence-corrected chi connectivity index (χ2v) is 5.69. The number of hydrogen-bond donors (Lipinski definition) is 1. The first-order valence-corrected chi connectivity index (χ1v) is 7.41. The van der Waals surface area contributed by atoms with Crippen LogP contribution in [0.1, 0.15) is 50.7 Å². The molecular weight excluding hydrogens is 236 g/mol. The maximum atomic E-state index is 10.8. The van der Waals surface area contributed by atoms with Gasteiger partial charge in [-0.2, -0.15) is 5.10 Å². The minimum Gasteiger partial charge on any atom is -0.388 e. The van der Waals surface area contributed by atoms with Gasteiger partial charge in [0.2, 0.25) is 0 Å². The van der Waals surface area contributed by atoms with Crippen LogP contribution in [0.4, 0.5) is 0 Å². The topological polar surface area (TPSA) is 37.5 Å². The van der Waals surface area contributed by atoms with E-state index in [4.69, 9.17) is 0 Å². The molecule has 102 valence electrons. The first-order valence-electron chi connectivity index (χ1n) is 7.41. The van der Waals surface area contributed by atoms with Gasteiger partial charge in [-0.3, -0.25) is 0 Å². The molecule has 0 radical (unpaired) electrons. The average Bonchev–Trinajstić information content (AvgIpc) is 2.90. The zero-order chi connectivity index (χ0) is 13.2. The molecule has 0 aliphatic heterocycles. The number of aliphatic hydroxyl groups is 1. The van der Waals surface area contributed by atoms with Crippen LogP contribution in [-0.4, -0.2) is 14.7 Å². The Morgan fingerprint density at radius 1 is 1.37 bits per heavy atom. The van der Waals surface area contributed by atoms with Crippen LogP contribution in [0.5, 0.6) is 0 Å². The molecule has 2 heterocycles. The number of aromatic nitrogens is 2. The van der Waals surface area contributed by atoms with Gasteiger partial charge in [0.05, 0.1) is 17.8 Å². The molecule has 3 atom stereocenters. The number of nitrogens with zero attached hydrogens (tertiary/aromatic N) is 2. The van der Waals surface area contributed by atoms with Crippen LogP contribution in [0.25, 0.3) is 5.52 Å². The fourth-order valence-electron chi connectivity index (χ4n) is 3.57. The number of hydrogen-bond acceptors (Lipinski definition) is 2. The molecule has 1 fully saturated rings. The lowest BCUT2D eigenvalue weighted by molar-refractivity contribution is 0.0461. The van der Waals surface area contributed by atoms with Gasteiger partial charge in [-0.1, -0.05) is 38.7 Å². The minimum atomic E-state index is -0.370. The maximum Gasteiger partial charge on any atom is 0.0857 e. The lowest BCUT2D eigenvalue weighted by Crippen LogP contribution is -2.25. The molecule has 2 aromatic rings. The number of fused-ring (bicyclic) bond motifs is 1. The van der Waals surface area contributed by atoms with Crippen LogP contribution >= 0.6 is 0 Å². The molecule has 2 aromatic heterocycles. The molecule has 3 nitrogen and oxygen atoms in total. The molecule has 0 saturated heterocycles. The molecule has 1 aliphatic rings. The molecule has 0 aromatic carbocycles. The lowest BCUT2D eigenvalue weighted by atomic mass is 9.73. The zero-order valence-electron chi connectivity index (χ0n) is 11.5. The summed E-state index contributed by atoms with van der Waals surface area (Å²) in [5.41, 5.74) is 2.03. The van der Waals surface area contributed by atoms with Crippen LogP contribution in [-0.2, 0) is 0 Å². The summed E-state index contributed by atoms with van der Waals surface area (Å²) in [4.78, 5) is 0. The van der Waals surface area contributed by atoms with Gasteiger partial charge in [0, 0.05) is 11.8 Å². The molecule has 0 spiro atoms. The van der Waals surface area contributed by atoms with Gasteiger partial charge in [-0.05, 0) is 30.4 Å². The van der Waals surface area contributed by atoms with Crippen molar-refractivity contribution in [2.75, 3.05) is 0 Å². The van der Waals surface area contributed by atoms with Crippen LogP contribution in [0, 0.1) is 11.8 Å². The van der Waals surface area contributed by atoms with Gasteiger partial charge in [-0.25, -0.2) is 4.52 Å². The first-order chi connectivity index (χ1) is 9.31. The third-order valence-corrected chi connectivity index (χ3v) is 4.67. The van der Waals surface area contributed by atoms with Gasteiger partial charge >= 0.3 is 0 Å². The summed E-state index contributed by atoms with van der Waals surface area (Å²) >= 11 is 0. The monoisotopic (exact) mass is 258 g/mol. The summed E-state index contributed by atoms with van der Waals surface area (Å²) in [6.45, 7) is 2.24. The summed E-state index contributed by atoms with van der Waals surface area (Å²) < 4.78 is 1.85. The van der Waals surface area contributed by atoms with E-state index in [1.165, 1.54) is 25.7 Å². The van der Waals surface area contributed by atoms with Crippen LogP contribution in [0.3, 0.4) is 0 Å². The predicted octanol–water partition coefficient (Wildman–Crippen LogP) is 3.58. The second-order valence-electron chi connectivity index (χ2n) is 5.69. The van der Waals surface area contributed by atoms with Crippen LogP contribution in [0.2, 0.25) is 0 Å². The quantitative estimate of drug-likeness (QED) is 0.913. The highest BCUT2D eigenvalue weighted by Gasteiger charge is 2.31. The Morgan fingerprint density at radius 2 is 2.21 bits per heavy atom. The molecular formula is C16H22N2O. The van der Waals surface area contributed by atoms with Gasteiger partial charge in [0.25, 0.3) is 0 Å². The van der Waals surface area contributed by atoms with Gasteiger partial charge in [0.15, 0.2) is 0 Å². The highest BCUT2D eigenvalue weighted by Crippen LogP contribution is 2.41.